The fourth-order valence-electron chi connectivity index (χ4n) is 2.29. The lowest BCUT2D eigenvalue weighted by molar-refractivity contribution is 0.000993. The zero-order valence-corrected chi connectivity index (χ0v) is 8.64. The van der Waals surface area contributed by atoms with E-state index in [2.05, 4.69) is 20.8 Å². The van der Waals surface area contributed by atoms with Crippen molar-refractivity contribution in [1.82, 2.24) is 0 Å². The highest BCUT2D eigenvalue weighted by Gasteiger charge is 2.34. The van der Waals surface area contributed by atoms with Crippen LogP contribution in [-0.4, -0.2) is 11.2 Å². The van der Waals surface area contributed by atoms with Crippen molar-refractivity contribution in [3.05, 3.63) is 0 Å². The van der Waals surface area contributed by atoms with Crippen LogP contribution in [0.15, 0.2) is 0 Å². The molecule has 1 aliphatic carbocycles. The second kappa shape index (κ2) is 3.78. The third-order valence-electron chi connectivity index (χ3n) is 3.64. The van der Waals surface area contributed by atoms with Gasteiger partial charge in [-0.3, -0.25) is 0 Å². The maximum atomic E-state index is 9.84. The van der Waals surface area contributed by atoms with Gasteiger partial charge >= 0.3 is 0 Å². The average molecular weight is 170 g/mol. The van der Waals surface area contributed by atoms with Crippen LogP contribution in [0.5, 0.6) is 0 Å². The predicted molar refractivity (Wildman–Crippen MR) is 52.0 cm³/mol. The molecule has 0 unspecified atom stereocenters. The Morgan fingerprint density at radius 2 is 1.83 bits per heavy atom. The Morgan fingerprint density at radius 1 is 1.25 bits per heavy atom. The van der Waals surface area contributed by atoms with Crippen LogP contribution in [0.4, 0.5) is 0 Å². The van der Waals surface area contributed by atoms with Crippen LogP contribution in [0, 0.1) is 11.3 Å². The van der Waals surface area contributed by atoms with Crippen LogP contribution < -0.4 is 0 Å². The summed E-state index contributed by atoms with van der Waals surface area (Å²) in [6.07, 6.45) is 5.92. The Bertz CT molecular complexity index is 140. The van der Waals surface area contributed by atoms with Gasteiger partial charge in [-0.1, -0.05) is 40.0 Å². The molecule has 0 radical (unpaired) electrons. The minimum Gasteiger partial charge on any atom is -0.393 e. The SMILES string of the molecule is CCC(C)(C)[C@H]1CCCC[C@@H]1O. The molecule has 0 amide bonds. The minimum absolute atomic E-state index is 0.0336. The average Bonchev–Trinajstić information content (AvgIpc) is 2.05. The van der Waals surface area contributed by atoms with E-state index in [0.717, 1.165) is 6.42 Å². The molecule has 72 valence electrons. The Morgan fingerprint density at radius 3 is 2.33 bits per heavy atom. The van der Waals surface area contributed by atoms with Gasteiger partial charge in [0.15, 0.2) is 0 Å². The molecule has 0 aromatic rings. The molecule has 0 spiro atoms. The second-order valence-corrected chi connectivity index (χ2v) is 4.80. The molecule has 1 heteroatoms. The van der Waals surface area contributed by atoms with E-state index in [1.165, 1.54) is 25.7 Å². The highest BCUT2D eigenvalue weighted by molar-refractivity contribution is 4.85. The van der Waals surface area contributed by atoms with Crippen molar-refractivity contribution in [2.75, 3.05) is 0 Å². The summed E-state index contributed by atoms with van der Waals surface area (Å²) in [7, 11) is 0. The number of hydrogen-bond acceptors (Lipinski definition) is 1. The smallest absolute Gasteiger partial charge is 0.0573 e. The largest absolute Gasteiger partial charge is 0.393 e. The lowest BCUT2D eigenvalue weighted by Crippen LogP contribution is -2.36. The van der Waals surface area contributed by atoms with Crippen molar-refractivity contribution < 1.29 is 5.11 Å². The molecule has 0 aromatic carbocycles. The highest BCUT2D eigenvalue weighted by Crippen LogP contribution is 2.40. The lowest BCUT2D eigenvalue weighted by Gasteiger charge is -2.39. The summed E-state index contributed by atoms with van der Waals surface area (Å²) in [6, 6.07) is 0. The summed E-state index contributed by atoms with van der Waals surface area (Å²) in [5.74, 6) is 0.538. The van der Waals surface area contributed by atoms with Crippen LogP contribution in [0.2, 0.25) is 0 Å². The monoisotopic (exact) mass is 170 g/mol. The minimum atomic E-state index is -0.0336. The standard InChI is InChI=1S/C11H22O/c1-4-11(2,3)9-7-5-6-8-10(9)12/h9-10,12H,4-8H2,1-3H3/t9-,10-/m0/s1. The van der Waals surface area contributed by atoms with Gasteiger partial charge in [0.1, 0.15) is 0 Å². The van der Waals surface area contributed by atoms with Gasteiger partial charge < -0.3 is 5.11 Å². The lowest BCUT2D eigenvalue weighted by atomic mass is 9.68. The van der Waals surface area contributed by atoms with Crippen molar-refractivity contribution in [3.63, 3.8) is 0 Å². The van der Waals surface area contributed by atoms with E-state index in [-0.39, 0.29) is 6.10 Å². The van der Waals surface area contributed by atoms with Crippen molar-refractivity contribution in [2.24, 2.45) is 11.3 Å². The molecule has 0 heterocycles. The predicted octanol–water partition coefficient (Wildman–Crippen LogP) is 2.97. The second-order valence-electron chi connectivity index (χ2n) is 4.80. The van der Waals surface area contributed by atoms with E-state index in [4.69, 9.17) is 0 Å². The summed E-state index contributed by atoms with van der Waals surface area (Å²) in [5.41, 5.74) is 0.333. The molecule has 0 aromatic heterocycles. The summed E-state index contributed by atoms with van der Waals surface area (Å²) in [6.45, 7) is 6.79. The molecule has 1 aliphatic rings. The van der Waals surface area contributed by atoms with Crippen LogP contribution in [0.25, 0.3) is 0 Å². The Hall–Kier alpha value is -0.0400. The topological polar surface area (TPSA) is 20.2 Å². The molecular formula is C11H22O. The first-order valence-corrected chi connectivity index (χ1v) is 5.26. The van der Waals surface area contributed by atoms with E-state index in [1.54, 1.807) is 0 Å². The van der Waals surface area contributed by atoms with Gasteiger partial charge in [0.25, 0.3) is 0 Å². The van der Waals surface area contributed by atoms with Gasteiger partial charge in [-0.25, -0.2) is 0 Å². The van der Waals surface area contributed by atoms with Crippen LogP contribution in [0.1, 0.15) is 52.9 Å². The number of aliphatic hydroxyl groups excluding tert-OH is 1. The number of hydrogen-bond donors (Lipinski definition) is 1. The first kappa shape index (κ1) is 10.0. The summed E-state index contributed by atoms with van der Waals surface area (Å²) >= 11 is 0. The Balaban J connectivity index is 2.58. The fourth-order valence-corrected chi connectivity index (χ4v) is 2.29. The maximum Gasteiger partial charge on any atom is 0.0573 e. The molecule has 1 rings (SSSR count). The summed E-state index contributed by atoms with van der Waals surface area (Å²) in [5, 5.41) is 9.84. The Labute approximate surface area is 76.2 Å². The third-order valence-corrected chi connectivity index (χ3v) is 3.64. The van der Waals surface area contributed by atoms with Crippen molar-refractivity contribution in [1.29, 1.82) is 0 Å². The van der Waals surface area contributed by atoms with Crippen molar-refractivity contribution >= 4 is 0 Å². The number of aliphatic hydroxyl groups is 1. The van der Waals surface area contributed by atoms with Gasteiger partial charge in [0, 0.05) is 0 Å². The van der Waals surface area contributed by atoms with Gasteiger partial charge in [0.2, 0.25) is 0 Å². The van der Waals surface area contributed by atoms with E-state index in [1.807, 2.05) is 0 Å². The summed E-state index contributed by atoms with van der Waals surface area (Å²) in [4.78, 5) is 0. The maximum absolute atomic E-state index is 9.84. The van der Waals surface area contributed by atoms with E-state index < -0.39 is 0 Å². The molecule has 1 N–H and O–H groups in total. The molecule has 12 heavy (non-hydrogen) atoms. The van der Waals surface area contributed by atoms with E-state index >= 15 is 0 Å². The first-order valence-electron chi connectivity index (χ1n) is 5.26. The fraction of sp³-hybridized carbons (Fsp3) is 1.00. The van der Waals surface area contributed by atoms with Crippen LogP contribution in [-0.2, 0) is 0 Å². The van der Waals surface area contributed by atoms with Gasteiger partial charge in [-0.2, -0.15) is 0 Å². The van der Waals surface area contributed by atoms with Crippen molar-refractivity contribution in [3.8, 4) is 0 Å². The third kappa shape index (κ3) is 2.01. The van der Waals surface area contributed by atoms with Gasteiger partial charge in [-0.05, 0) is 24.2 Å². The molecule has 0 aliphatic heterocycles. The Kier molecular flexibility index (Phi) is 3.16. The zero-order valence-electron chi connectivity index (χ0n) is 8.64. The molecular weight excluding hydrogens is 148 g/mol. The van der Waals surface area contributed by atoms with E-state index in [0.29, 0.717) is 11.3 Å². The quantitative estimate of drug-likeness (QED) is 0.675. The molecule has 0 bridgehead atoms. The van der Waals surface area contributed by atoms with E-state index in [9.17, 15) is 5.11 Å². The van der Waals surface area contributed by atoms with Crippen LogP contribution in [0.3, 0.4) is 0 Å². The molecule has 1 fully saturated rings. The highest BCUT2D eigenvalue weighted by atomic mass is 16.3. The van der Waals surface area contributed by atoms with Gasteiger partial charge in [0.05, 0.1) is 6.10 Å². The first-order chi connectivity index (χ1) is 5.58. The number of rotatable bonds is 2. The molecule has 1 saturated carbocycles. The van der Waals surface area contributed by atoms with Gasteiger partial charge in [-0.15, -0.1) is 0 Å². The molecule has 1 nitrogen and oxygen atoms in total. The van der Waals surface area contributed by atoms with Crippen LogP contribution >= 0.6 is 0 Å². The zero-order chi connectivity index (χ0) is 9.19. The molecule has 0 saturated heterocycles. The van der Waals surface area contributed by atoms with Crippen molar-refractivity contribution in [2.45, 2.75) is 59.0 Å². The normalized spacial score (nSPS) is 32.0. The molecule has 2 atom stereocenters. The summed E-state index contributed by atoms with van der Waals surface area (Å²) < 4.78 is 0.